The van der Waals surface area contributed by atoms with Gasteiger partial charge in [0.1, 0.15) is 5.75 Å². The number of aromatic nitrogens is 1. The molecular weight excluding hydrogens is 352 g/mol. The average molecular weight is 374 g/mol. The molecule has 6 nitrogen and oxygen atoms in total. The van der Waals surface area contributed by atoms with E-state index in [0.717, 1.165) is 16.9 Å². The van der Waals surface area contributed by atoms with E-state index < -0.39 is 9.84 Å². The molecule has 1 amide bonds. The van der Waals surface area contributed by atoms with E-state index >= 15 is 0 Å². The molecule has 138 valence electrons. The molecule has 1 aliphatic heterocycles. The van der Waals surface area contributed by atoms with Gasteiger partial charge in [0.15, 0.2) is 9.84 Å². The van der Waals surface area contributed by atoms with Gasteiger partial charge in [0.25, 0.3) is 5.91 Å². The molecule has 0 N–H and O–H groups in total. The van der Waals surface area contributed by atoms with Gasteiger partial charge >= 0.3 is 0 Å². The highest BCUT2D eigenvalue weighted by Gasteiger charge is 2.33. The molecule has 1 aliphatic rings. The van der Waals surface area contributed by atoms with Gasteiger partial charge in [0.05, 0.1) is 24.2 Å². The van der Waals surface area contributed by atoms with E-state index in [1.54, 1.807) is 20.4 Å². The molecule has 1 fully saturated rings. The maximum Gasteiger partial charge on any atom is 0.255 e. The molecule has 1 aromatic heterocycles. The van der Waals surface area contributed by atoms with Crippen LogP contribution < -0.4 is 4.74 Å². The molecule has 0 saturated carbocycles. The van der Waals surface area contributed by atoms with Crippen molar-refractivity contribution in [2.75, 3.05) is 25.7 Å². The van der Waals surface area contributed by atoms with Gasteiger partial charge in [-0.25, -0.2) is 8.42 Å². The summed E-state index contributed by atoms with van der Waals surface area (Å²) in [6, 6.07) is 9.25. The van der Waals surface area contributed by atoms with Crippen LogP contribution in [0.15, 0.2) is 42.7 Å². The lowest BCUT2D eigenvalue weighted by atomic mass is 10.0. The number of rotatable bonds is 5. The standard InChI is InChI=1S/C19H22N2O4S/c1-21(17-7-8-26(23,24)13-17)19(22)16-10-14(11-20-12-16)9-15-5-3-4-6-18(15)25-2/h3-6,10-12,17H,7-9,13H2,1-2H3/t17-/m0/s1. The number of amides is 1. The Morgan fingerprint density at radius 2 is 2.08 bits per heavy atom. The van der Waals surface area contributed by atoms with E-state index in [2.05, 4.69) is 4.98 Å². The zero-order valence-corrected chi connectivity index (χ0v) is 15.7. The van der Waals surface area contributed by atoms with E-state index in [9.17, 15) is 13.2 Å². The Morgan fingerprint density at radius 3 is 2.77 bits per heavy atom. The first kappa shape index (κ1) is 18.4. The SMILES string of the molecule is COc1ccccc1Cc1cncc(C(=O)N(C)[C@H]2CCS(=O)(=O)C2)c1. The van der Waals surface area contributed by atoms with Crippen LogP contribution in [-0.4, -0.2) is 55.9 Å². The smallest absolute Gasteiger partial charge is 0.255 e. The van der Waals surface area contributed by atoms with Crippen molar-refractivity contribution >= 4 is 15.7 Å². The minimum absolute atomic E-state index is 0.0313. The maximum atomic E-state index is 12.7. The zero-order chi connectivity index (χ0) is 18.7. The van der Waals surface area contributed by atoms with Gasteiger partial charge in [-0.05, 0) is 29.7 Å². The van der Waals surface area contributed by atoms with Gasteiger partial charge in [0.2, 0.25) is 0 Å². The van der Waals surface area contributed by atoms with Crippen molar-refractivity contribution in [3.8, 4) is 5.75 Å². The average Bonchev–Trinajstić information content (AvgIpc) is 3.01. The van der Waals surface area contributed by atoms with Crippen molar-refractivity contribution in [1.82, 2.24) is 9.88 Å². The highest BCUT2D eigenvalue weighted by Crippen LogP contribution is 2.22. The number of benzene rings is 1. The number of hydrogen-bond donors (Lipinski definition) is 0. The Hall–Kier alpha value is -2.41. The summed E-state index contributed by atoms with van der Waals surface area (Å²) in [7, 11) is 0.244. The van der Waals surface area contributed by atoms with Gasteiger partial charge < -0.3 is 9.64 Å². The summed E-state index contributed by atoms with van der Waals surface area (Å²) in [4.78, 5) is 18.4. The van der Waals surface area contributed by atoms with Gasteiger partial charge in [-0.15, -0.1) is 0 Å². The third-order valence-corrected chi connectivity index (χ3v) is 6.46. The van der Waals surface area contributed by atoms with Crippen LogP contribution in [0.2, 0.25) is 0 Å². The fraction of sp³-hybridized carbons (Fsp3) is 0.368. The number of para-hydroxylation sites is 1. The monoisotopic (exact) mass is 374 g/mol. The second-order valence-electron chi connectivity index (χ2n) is 6.54. The number of pyridine rings is 1. The predicted octanol–water partition coefficient (Wildman–Crippen LogP) is 1.94. The molecule has 0 bridgehead atoms. The summed E-state index contributed by atoms with van der Waals surface area (Å²) in [5.41, 5.74) is 2.37. The van der Waals surface area contributed by atoms with Gasteiger partial charge in [-0.1, -0.05) is 18.2 Å². The molecule has 3 rings (SSSR count). The normalized spacial score (nSPS) is 18.5. The fourth-order valence-electron chi connectivity index (χ4n) is 3.22. The van der Waals surface area contributed by atoms with E-state index in [1.165, 1.54) is 11.1 Å². The number of methoxy groups -OCH3 is 1. The Kier molecular flexibility index (Phi) is 5.27. The Bertz CT molecular complexity index is 911. The van der Waals surface area contributed by atoms with Crippen LogP contribution in [0.1, 0.15) is 27.9 Å². The van der Waals surface area contributed by atoms with Crippen LogP contribution in [0, 0.1) is 0 Å². The summed E-state index contributed by atoms with van der Waals surface area (Å²) < 4.78 is 28.7. The number of nitrogens with zero attached hydrogens (tertiary/aromatic N) is 2. The zero-order valence-electron chi connectivity index (χ0n) is 14.9. The highest BCUT2D eigenvalue weighted by molar-refractivity contribution is 7.91. The maximum absolute atomic E-state index is 12.7. The van der Waals surface area contributed by atoms with Crippen LogP contribution in [-0.2, 0) is 16.3 Å². The number of carbonyl (C=O) groups excluding carboxylic acids is 1. The molecule has 0 spiro atoms. The largest absolute Gasteiger partial charge is 0.496 e. The number of sulfone groups is 1. The van der Waals surface area contributed by atoms with E-state index in [-0.39, 0.29) is 23.5 Å². The molecule has 0 radical (unpaired) electrons. The predicted molar refractivity (Wildman–Crippen MR) is 99.2 cm³/mol. The first-order valence-electron chi connectivity index (χ1n) is 8.43. The molecular formula is C19H22N2O4S. The van der Waals surface area contributed by atoms with E-state index in [1.807, 2.05) is 30.3 Å². The summed E-state index contributed by atoms with van der Waals surface area (Å²) in [5, 5.41) is 0. The van der Waals surface area contributed by atoms with Crippen LogP contribution in [0.4, 0.5) is 0 Å². The minimum Gasteiger partial charge on any atom is -0.496 e. The van der Waals surface area contributed by atoms with Crippen molar-refractivity contribution in [2.24, 2.45) is 0 Å². The lowest BCUT2D eigenvalue weighted by Crippen LogP contribution is -2.37. The van der Waals surface area contributed by atoms with Gasteiger partial charge in [0, 0.05) is 31.9 Å². The minimum atomic E-state index is -3.04. The molecule has 26 heavy (non-hydrogen) atoms. The molecule has 2 aromatic rings. The quantitative estimate of drug-likeness (QED) is 0.799. The molecule has 1 aromatic carbocycles. The molecule has 7 heteroatoms. The van der Waals surface area contributed by atoms with Crippen LogP contribution in [0.3, 0.4) is 0 Å². The van der Waals surface area contributed by atoms with Crippen molar-refractivity contribution in [1.29, 1.82) is 0 Å². The first-order valence-corrected chi connectivity index (χ1v) is 10.2. The summed E-state index contributed by atoms with van der Waals surface area (Å²) in [6.07, 6.45) is 4.33. The Morgan fingerprint density at radius 1 is 1.31 bits per heavy atom. The Balaban J connectivity index is 1.77. The second-order valence-corrected chi connectivity index (χ2v) is 8.77. The third-order valence-electron chi connectivity index (χ3n) is 4.71. The van der Waals surface area contributed by atoms with Gasteiger partial charge in [-0.3, -0.25) is 9.78 Å². The van der Waals surface area contributed by atoms with Crippen molar-refractivity contribution in [3.63, 3.8) is 0 Å². The van der Waals surface area contributed by atoms with Crippen molar-refractivity contribution in [2.45, 2.75) is 18.9 Å². The summed E-state index contributed by atoms with van der Waals surface area (Å²) in [5.74, 6) is 0.754. The number of hydrogen-bond acceptors (Lipinski definition) is 5. The molecule has 1 atom stereocenters. The lowest BCUT2D eigenvalue weighted by molar-refractivity contribution is 0.0747. The van der Waals surface area contributed by atoms with Gasteiger partial charge in [-0.2, -0.15) is 0 Å². The van der Waals surface area contributed by atoms with Crippen LogP contribution in [0.5, 0.6) is 5.75 Å². The number of ether oxygens (including phenoxy) is 1. The van der Waals surface area contributed by atoms with E-state index in [0.29, 0.717) is 18.4 Å². The summed E-state index contributed by atoms with van der Waals surface area (Å²) >= 11 is 0. The third kappa shape index (κ3) is 4.04. The molecule has 0 unspecified atom stereocenters. The highest BCUT2D eigenvalue weighted by atomic mass is 32.2. The molecule has 0 aliphatic carbocycles. The fourth-order valence-corrected chi connectivity index (χ4v) is 4.99. The van der Waals surface area contributed by atoms with E-state index in [4.69, 9.17) is 4.74 Å². The topological polar surface area (TPSA) is 76.6 Å². The van der Waals surface area contributed by atoms with Crippen LogP contribution >= 0.6 is 0 Å². The van der Waals surface area contributed by atoms with Crippen LogP contribution in [0.25, 0.3) is 0 Å². The number of carbonyl (C=O) groups is 1. The summed E-state index contributed by atoms with van der Waals surface area (Å²) in [6.45, 7) is 0. The van der Waals surface area contributed by atoms with Crippen molar-refractivity contribution in [3.05, 3.63) is 59.4 Å². The van der Waals surface area contributed by atoms with Crippen molar-refractivity contribution < 1.29 is 17.9 Å². The Labute approximate surface area is 153 Å². The second kappa shape index (κ2) is 7.45. The lowest BCUT2D eigenvalue weighted by Gasteiger charge is -2.23. The first-order chi connectivity index (χ1) is 12.4. The molecule has 1 saturated heterocycles. The molecule has 2 heterocycles.